The van der Waals surface area contributed by atoms with E-state index in [0.717, 1.165) is 50.8 Å². The lowest BCUT2D eigenvalue weighted by Crippen LogP contribution is -2.38. The molecule has 29 heavy (non-hydrogen) atoms. The largest absolute Gasteiger partial charge is 0.493 e. The fraction of sp³-hybridized carbons (Fsp3) is 0.458. The molecule has 2 aromatic rings. The molecule has 0 atom stereocenters. The van der Waals surface area contributed by atoms with Gasteiger partial charge < -0.3 is 15.4 Å². The third kappa shape index (κ3) is 5.97. The highest BCUT2D eigenvalue weighted by atomic mass is 16.5. The third-order valence-electron chi connectivity index (χ3n) is 5.55. The summed E-state index contributed by atoms with van der Waals surface area (Å²) in [6, 6.07) is 15.7. The Morgan fingerprint density at radius 3 is 2.69 bits per heavy atom. The number of fused-ring (bicyclic) bond motifs is 1. The van der Waals surface area contributed by atoms with Crippen molar-refractivity contribution < 1.29 is 4.74 Å². The third-order valence-corrected chi connectivity index (χ3v) is 5.55. The first-order valence-corrected chi connectivity index (χ1v) is 10.5. The number of hydrogen-bond acceptors (Lipinski definition) is 3. The Labute approximate surface area is 175 Å². The summed E-state index contributed by atoms with van der Waals surface area (Å²) in [7, 11) is 3.99. The van der Waals surface area contributed by atoms with Gasteiger partial charge in [-0.1, -0.05) is 36.4 Å². The van der Waals surface area contributed by atoms with Crippen LogP contribution in [0.1, 0.15) is 36.1 Å². The van der Waals surface area contributed by atoms with E-state index in [-0.39, 0.29) is 0 Å². The van der Waals surface area contributed by atoms with Gasteiger partial charge >= 0.3 is 0 Å². The lowest BCUT2D eigenvalue weighted by Gasteiger charge is -2.23. The molecule has 2 N–H and O–H groups in total. The minimum Gasteiger partial charge on any atom is -0.493 e. The molecule has 5 nitrogen and oxygen atoms in total. The molecule has 3 rings (SSSR count). The molecule has 0 aliphatic carbocycles. The SMILES string of the molecule is CN=C(NCCc1ccc2c(c1)CCO2)NCc1ccccc1CN(C)C(C)C. The number of rotatable bonds is 8. The molecule has 2 aromatic carbocycles. The monoisotopic (exact) mass is 394 g/mol. The van der Waals surface area contributed by atoms with Crippen molar-refractivity contribution in [3.8, 4) is 5.75 Å². The van der Waals surface area contributed by atoms with E-state index in [1.165, 1.54) is 22.3 Å². The molecule has 1 heterocycles. The van der Waals surface area contributed by atoms with Gasteiger partial charge in [0.25, 0.3) is 0 Å². The van der Waals surface area contributed by atoms with Crippen LogP contribution in [0.3, 0.4) is 0 Å². The minimum atomic E-state index is 0.524. The molecule has 0 aromatic heterocycles. The van der Waals surface area contributed by atoms with Crippen molar-refractivity contribution in [3.05, 3.63) is 64.7 Å². The van der Waals surface area contributed by atoms with Gasteiger partial charge in [0.2, 0.25) is 0 Å². The van der Waals surface area contributed by atoms with Gasteiger partial charge in [0.1, 0.15) is 5.75 Å². The highest BCUT2D eigenvalue weighted by Gasteiger charge is 2.12. The van der Waals surface area contributed by atoms with Crippen LogP contribution in [0, 0.1) is 0 Å². The van der Waals surface area contributed by atoms with Gasteiger partial charge in [0.05, 0.1) is 6.61 Å². The number of hydrogen-bond donors (Lipinski definition) is 2. The van der Waals surface area contributed by atoms with Gasteiger partial charge in [-0.25, -0.2) is 0 Å². The van der Waals surface area contributed by atoms with E-state index in [9.17, 15) is 0 Å². The average Bonchev–Trinajstić information content (AvgIpc) is 3.19. The summed E-state index contributed by atoms with van der Waals surface area (Å²) >= 11 is 0. The summed E-state index contributed by atoms with van der Waals surface area (Å²) in [5, 5.41) is 6.89. The lowest BCUT2D eigenvalue weighted by molar-refractivity contribution is 0.265. The van der Waals surface area contributed by atoms with Crippen LogP contribution in [-0.4, -0.2) is 44.1 Å². The highest BCUT2D eigenvalue weighted by Crippen LogP contribution is 2.25. The molecule has 1 aliphatic heterocycles. The smallest absolute Gasteiger partial charge is 0.191 e. The highest BCUT2D eigenvalue weighted by molar-refractivity contribution is 5.79. The zero-order valence-corrected chi connectivity index (χ0v) is 18.2. The van der Waals surface area contributed by atoms with Crippen LogP contribution < -0.4 is 15.4 Å². The van der Waals surface area contributed by atoms with Crippen molar-refractivity contribution >= 4 is 5.96 Å². The van der Waals surface area contributed by atoms with E-state index in [1.807, 2.05) is 7.05 Å². The van der Waals surface area contributed by atoms with Crippen LogP contribution in [0.5, 0.6) is 5.75 Å². The molecule has 5 heteroatoms. The van der Waals surface area contributed by atoms with Gasteiger partial charge in [0.15, 0.2) is 5.96 Å². The minimum absolute atomic E-state index is 0.524. The number of guanidine groups is 1. The van der Waals surface area contributed by atoms with Gasteiger partial charge in [0, 0.05) is 39.1 Å². The zero-order valence-electron chi connectivity index (χ0n) is 18.2. The number of ether oxygens (including phenoxy) is 1. The van der Waals surface area contributed by atoms with E-state index in [0.29, 0.717) is 6.04 Å². The van der Waals surface area contributed by atoms with Crippen LogP contribution in [0.2, 0.25) is 0 Å². The van der Waals surface area contributed by atoms with Crippen LogP contribution in [-0.2, 0) is 25.9 Å². The Kier molecular flexibility index (Phi) is 7.53. The maximum atomic E-state index is 5.59. The van der Waals surface area contributed by atoms with Crippen molar-refractivity contribution in [1.82, 2.24) is 15.5 Å². The second-order valence-electron chi connectivity index (χ2n) is 7.92. The molecule has 0 fully saturated rings. The van der Waals surface area contributed by atoms with Gasteiger partial charge in [-0.15, -0.1) is 0 Å². The summed E-state index contributed by atoms with van der Waals surface area (Å²) in [6.45, 7) is 7.81. The summed E-state index contributed by atoms with van der Waals surface area (Å²) in [5.74, 6) is 1.88. The maximum Gasteiger partial charge on any atom is 0.191 e. The molecule has 0 saturated heterocycles. The molecule has 0 unspecified atom stereocenters. The molecule has 0 amide bonds. The summed E-state index contributed by atoms with van der Waals surface area (Å²) < 4.78 is 5.59. The number of aliphatic imine (C=N–C) groups is 1. The molecule has 0 bridgehead atoms. The first-order valence-electron chi connectivity index (χ1n) is 10.5. The Balaban J connectivity index is 1.49. The van der Waals surface area contributed by atoms with E-state index in [2.05, 4.69) is 83.9 Å². The standard InChI is InChI=1S/C24H34N4O/c1-18(2)28(4)17-22-8-6-5-7-21(22)16-27-24(25-3)26-13-11-19-9-10-23-20(15-19)12-14-29-23/h5-10,15,18H,11-14,16-17H2,1-4H3,(H2,25,26,27). The number of nitrogens with zero attached hydrogens (tertiary/aromatic N) is 2. The molecule has 0 radical (unpaired) electrons. The van der Waals surface area contributed by atoms with Crippen molar-refractivity contribution in [2.45, 2.75) is 45.8 Å². The summed E-state index contributed by atoms with van der Waals surface area (Å²) in [5.41, 5.74) is 5.32. The normalized spacial score (nSPS) is 13.5. The molecular weight excluding hydrogens is 360 g/mol. The average molecular weight is 395 g/mol. The van der Waals surface area contributed by atoms with Crippen molar-refractivity contribution in [3.63, 3.8) is 0 Å². The van der Waals surface area contributed by atoms with E-state index in [4.69, 9.17) is 4.74 Å². The second kappa shape index (κ2) is 10.3. The lowest BCUT2D eigenvalue weighted by atomic mass is 10.1. The van der Waals surface area contributed by atoms with E-state index in [1.54, 1.807) is 0 Å². The van der Waals surface area contributed by atoms with Crippen molar-refractivity contribution in [2.75, 3.05) is 27.2 Å². The summed E-state index contributed by atoms with van der Waals surface area (Å²) in [6.07, 6.45) is 1.98. The molecule has 1 aliphatic rings. The fourth-order valence-electron chi connectivity index (χ4n) is 3.46. The van der Waals surface area contributed by atoms with Crippen LogP contribution in [0.25, 0.3) is 0 Å². The maximum absolute atomic E-state index is 5.59. The molecule has 156 valence electrons. The van der Waals surface area contributed by atoms with Gasteiger partial charge in [-0.05, 0) is 55.6 Å². The van der Waals surface area contributed by atoms with Crippen LogP contribution in [0.4, 0.5) is 0 Å². The van der Waals surface area contributed by atoms with Crippen molar-refractivity contribution in [1.29, 1.82) is 0 Å². The van der Waals surface area contributed by atoms with Crippen molar-refractivity contribution in [2.24, 2.45) is 4.99 Å². The van der Waals surface area contributed by atoms with Gasteiger partial charge in [-0.2, -0.15) is 0 Å². The number of benzene rings is 2. The Morgan fingerprint density at radius 1 is 1.14 bits per heavy atom. The predicted octanol–water partition coefficient (Wildman–Crippen LogP) is 3.37. The first kappa shape index (κ1) is 21.2. The fourth-order valence-corrected chi connectivity index (χ4v) is 3.46. The van der Waals surface area contributed by atoms with Crippen LogP contribution in [0.15, 0.2) is 47.5 Å². The number of nitrogens with one attached hydrogen (secondary N) is 2. The van der Waals surface area contributed by atoms with E-state index >= 15 is 0 Å². The first-order chi connectivity index (χ1) is 14.1. The van der Waals surface area contributed by atoms with Gasteiger partial charge in [-0.3, -0.25) is 9.89 Å². The quantitative estimate of drug-likeness (QED) is 0.532. The second-order valence-corrected chi connectivity index (χ2v) is 7.92. The molecular formula is C24H34N4O. The van der Waals surface area contributed by atoms with Crippen LogP contribution >= 0.6 is 0 Å². The topological polar surface area (TPSA) is 48.9 Å². The summed E-state index contributed by atoms with van der Waals surface area (Å²) in [4.78, 5) is 6.73. The Bertz CT molecular complexity index is 831. The predicted molar refractivity (Wildman–Crippen MR) is 121 cm³/mol. The Morgan fingerprint density at radius 2 is 1.93 bits per heavy atom. The molecule has 0 spiro atoms. The Hall–Kier alpha value is -2.53. The van der Waals surface area contributed by atoms with E-state index < -0.39 is 0 Å². The zero-order chi connectivity index (χ0) is 20.6. The molecule has 0 saturated carbocycles.